The van der Waals surface area contributed by atoms with Crippen molar-refractivity contribution >= 4 is 17.6 Å². The highest BCUT2D eigenvalue weighted by molar-refractivity contribution is 5.91. The van der Waals surface area contributed by atoms with Gasteiger partial charge < -0.3 is 10.5 Å². The number of carbonyl (C=O) groups excluding carboxylic acids is 1. The van der Waals surface area contributed by atoms with Gasteiger partial charge in [0.15, 0.2) is 5.65 Å². The number of methoxy groups -OCH3 is 1. The number of benzene rings is 2. The number of nitrogens with zero attached hydrogens (tertiary/aromatic N) is 5. The molecule has 0 amide bonds. The van der Waals surface area contributed by atoms with E-state index in [0.29, 0.717) is 35.4 Å². The van der Waals surface area contributed by atoms with Crippen LogP contribution in [-0.2, 0) is 17.7 Å². The fourth-order valence-corrected chi connectivity index (χ4v) is 4.46. The Bertz CT molecular complexity index is 1650. The zero-order chi connectivity index (χ0) is 26.1. The Kier molecular flexibility index (Phi) is 6.27. The van der Waals surface area contributed by atoms with E-state index in [1.54, 1.807) is 12.1 Å². The number of anilines is 1. The number of hydrogen-bond donors (Lipinski definition) is 1. The molecule has 0 aliphatic rings. The highest BCUT2D eigenvalue weighted by Crippen LogP contribution is 2.34. The molecule has 186 valence electrons. The van der Waals surface area contributed by atoms with Crippen LogP contribution in [0.25, 0.3) is 28.0 Å². The average Bonchev–Trinajstić information content (AvgIpc) is 3.23. The lowest BCUT2D eigenvalue weighted by Crippen LogP contribution is -2.24. The first-order valence-corrected chi connectivity index (χ1v) is 11.8. The van der Waals surface area contributed by atoms with Gasteiger partial charge in [0.05, 0.1) is 30.5 Å². The van der Waals surface area contributed by atoms with E-state index >= 15 is 0 Å². The molecule has 0 aliphatic carbocycles. The minimum absolute atomic E-state index is 0.0683. The third-order valence-corrected chi connectivity index (χ3v) is 6.16. The number of hydrogen-bond acceptors (Lipinski definition) is 7. The highest BCUT2D eigenvalue weighted by atomic mass is 16.5. The number of pyridine rings is 1. The summed E-state index contributed by atoms with van der Waals surface area (Å²) in [5.41, 5.74) is 12.6. The van der Waals surface area contributed by atoms with Crippen molar-refractivity contribution in [3.05, 3.63) is 99.7 Å². The molecule has 9 nitrogen and oxygen atoms in total. The van der Waals surface area contributed by atoms with Crippen LogP contribution in [0.3, 0.4) is 0 Å². The molecule has 9 heteroatoms. The van der Waals surface area contributed by atoms with Gasteiger partial charge in [0.25, 0.3) is 0 Å². The summed E-state index contributed by atoms with van der Waals surface area (Å²) >= 11 is 0. The first-order chi connectivity index (χ1) is 17.9. The summed E-state index contributed by atoms with van der Waals surface area (Å²) < 4.78 is 7.51. The fraction of sp³-hybridized carbons (Fsp3) is 0.179. The van der Waals surface area contributed by atoms with Crippen LogP contribution in [0, 0.1) is 13.8 Å². The van der Waals surface area contributed by atoms with Crippen LogP contribution in [0.4, 0.5) is 5.95 Å². The van der Waals surface area contributed by atoms with Crippen LogP contribution in [0.1, 0.15) is 27.3 Å². The maximum absolute atomic E-state index is 13.4. The van der Waals surface area contributed by atoms with E-state index in [1.165, 1.54) is 16.2 Å². The molecule has 0 saturated carbocycles. The molecule has 0 fully saturated rings. The molecule has 37 heavy (non-hydrogen) atoms. The highest BCUT2D eigenvalue weighted by Gasteiger charge is 2.22. The van der Waals surface area contributed by atoms with Crippen molar-refractivity contribution in [1.29, 1.82) is 0 Å². The second-order valence-corrected chi connectivity index (χ2v) is 8.80. The zero-order valence-corrected chi connectivity index (χ0v) is 20.8. The summed E-state index contributed by atoms with van der Waals surface area (Å²) in [6.07, 6.45) is 0.535. The lowest BCUT2D eigenvalue weighted by molar-refractivity contribution is 0.0600. The molecule has 2 aromatic carbocycles. The number of carbonyl (C=O) groups is 1. The summed E-state index contributed by atoms with van der Waals surface area (Å²) in [5, 5.41) is 4.72. The maximum atomic E-state index is 13.4. The van der Waals surface area contributed by atoms with Crippen LogP contribution < -0.4 is 11.4 Å². The van der Waals surface area contributed by atoms with Crippen LogP contribution in [0.2, 0.25) is 0 Å². The molecule has 5 aromatic rings. The van der Waals surface area contributed by atoms with Gasteiger partial charge in [-0.1, -0.05) is 42.5 Å². The molecule has 0 atom stereocenters. The Morgan fingerprint density at radius 1 is 0.946 bits per heavy atom. The van der Waals surface area contributed by atoms with E-state index in [1.807, 2.05) is 68.4 Å². The molecule has 0 unspecified atom stereocenters. The van der Waals surface area contributed by atoms with Crippen molar-refractivity contribution in [2.45, 2.75) is 26.8 Å². The quantitative estimate of drug-likeness (QED) is 0.356. The van der Waals surface area contributed by atoms with E-state index in [9.17, 15) is 9.59 Å². The second kappa shape index (κ2) is 9.69. The van der Waals surface area contributed by atoms with Crippen LogP contribution >= 0.6 is 0 Å². The molecule has 0 spiro atoms. The predicted molar refractivity (Wildman–Crippen MR) is 141 cm³/mol. The fourth-order valence-electron chi connectivity index (χ4n) is 4.46. The van der Waals surface area contributed by atoms with Gasteiger partial charge in [0.2, 0.25) is 5.95 Å². The SMILES string of the molecule is COC(=O)c1ccc(CCn2nc3c(-c4cc(C)nc(C)c4)c(-c4ccccc4)nc(N)n3c2=O)cc1. The number of esters is 1. The summed E-state index contributed by atoms with van der Waals surface area (Å²) in [6.45, 7) is 4.18. The topological polar surface area (TPSA) is 117 Å². The Hall–Kier alpha value is -4.79. The molecule has 3 aromatic heterocycles. The largest absolute Gasteiger partial charge is 0.465 e. The molecule has 2 N–H and O–H groups in total. The van der Waals surface area contributed by atoms with Crippen molar-refractivity contribution < 1.29 is 9.53 Å². The Balaban J connectivity index is 1.63. The lowest BCUT2D eigenvalue weighted by atomic mass is 9.99. The zero-order valence-electron chi connectivity index (χ0n) is 20.8. The summed E-state index contributed by atoms with van der Waals surface area (Å²) in [4.78, 5) is 34.2. The van der Waals surface area contributed by atoms with Gasteiger partial charge in [-0.3, -0.25) is 4.98 Å². The van der Waals surface area contributed by atoms with Crippen molar-refractivity contribution in [3.8, 4) is 22.4 Å². The smallest absolute Gasteiger partial charge is 0.353 e. The van der Waals surface area contributed by atoms with Gasteiger partial charge in [-0.25, -0.2) is 23.7 Å². The third kappa shape index (κ3) is 4.58. The van der Waals surface area contributed by atoms with Crippen LogP contribution in [0.15, 0.2) is 71.5 Å². The molecule has 5 rings (SSSR count). The molecule has 0 radical (unpaired) electrons. The third-order valence-electron chi connectivity index (χ3n) is 6.16. The van der Waals surface area contributed by atoms with Crippen molar-refractivity contribution in [1.82, 2.24) is 24.1 Å². The number of aromatic nitrogens is 5. The number of nitrogen functional groups attached to an aromatic ring is 1. The van der Waals surface area contributed by atoms with Gasteiger partial charge in [0.1, 0.15) is 0 Å². The number of aryl methyl sites for hydroxylation is 4. The first kappa shape index (κ1) is 23.9. The molecular formula is C28H26N6O3. The normalized spacial score (nSPS) is 11.1. The van der Waals surface area contributed by atoms with E-state index in [2.05, 4.69) is 9.97 Å². The van der Waals surface area contributed by atoms with E-state index in [-0.39, 0.29) is 11.6 Å². The van der Waals surface area contributed by atoms with Crippen molar-refractivity contribution in [2.75, 3.05) is 12.8 Å². The van der Waals surface area contributed by atoms with Crippen LogP contribution in [-0.4, -0.2) is 37.2 Å². The average molecular weight is 495 g/mol. The molecule has 0 bridgehead atoms. The minimum atomic E-state index is -0.394. The van der Waals surface area contributed by atoms with Gasteiger partial charge in [-0.2, -0.15) is 0 Å². The minimum Gasteiger partial charge on any atom is -0.465 e. The predicted octanol–water partition coefficient (Wildman–Crippen LogP) is 3.85. The first-order valence-electron chi connectivity index (χ1n) is 11.8. The summed E-state index contributed by atoms with van der Waals surface area (Å²) in [7, 11) is 1.35. The van der Waals surface area contributed by atoms with Crippen molar-refractivity contribution in [2.24, 2.45) is 0 Å². The van der Waals surface area contributed by atoms with Crippen LogP contribution in [0.5, 0.6) is 0 Å². The lowest BCUT2D eigenvalue weighted by Gasteiger charge is -2.13. The summed E-state index contributed by atoms with van der Waals surface area (Å²) in [5.74, 6) is -0.326. The van der Waals surface area contributed by atoms with Gasteiger partial charge in [-0.05, 0) is 55.7 Å². The maximum Gasteiger partial charge on any atom is 0.353 e. The van der Waals surface area contributed by atoms with Crippen molar-refractivity contribution in [3.63, 3.8) is 0 Å². The Morgan fingerprint density at radius 2 is 1.62 bits per heavy atom. The van der Waals surface area contributed by atoms with E-state index in [4.69, 9.17) is 15.6 Å². The molecule has 0 aliphatic heterocycles. The Labute approximate surface area is 213 Å². The van der Waals surface area contributed by atoms with Gasteiger partial charge >= 0.3 is 11.7 Å². The Morgan fingerprint density at radius 3 is 2.27 bits per heavy atom. The molecule has 3 heterocycles. The van der Waals surface area contributed by atoms with E-state index in [0.717, 1.165) is 28.1 Å². The molecular weight excluding hydrogens is 468 g/mol. The second-order valence-electron chi connectivity index (χ2n) is 8.80. The van der Waals surface area contributed by atoms with Gasteiger partial charge in [0, 0.05) is 17.0 Å². The van der Waals surface area contributed by atoms with Gasteiger partial charge in [-0.15, -0.1) is 5.10 Å². The summed E-state index contributed by atoms with van der Waals surface area (Å²) in [6, 6.07) is 20.7. The standard InChI is InChI=1S/C28H26N6O3/c1-17-15-22(16-18(2)30-17)23-24(20-7-5-4-6-8-20)31-27(29)34-25(23)32-33(28(34)36)14-13-19-9-11-21(12-10-19)26(35)37-3/h4-12,15-16H,13-14H2,1-3H3,(H2,29,31). The van der Waals surface area contributed by atoms with E-state index < -0.39 is 5.97 Å². The number of ether oxygens (including phenoxy) is 1. The number of rotatable bonds is 6. The number of nitrogens with two attached hydrogens (primary N) is 1. The molecule has 0 saturated heterocycles. The number of fused-ring (bicyclic) bond motifs is 1. The monoisotopic (exact) mass is 494 g/mol.